The lowest BCUT2D eigenvalue weighted by molar-refractivity contribution is 0.553. The Hall–Kier alpha value is -3.24. The van der Waals surface area contributed by atoms with Gasteiger partial charge in [-0.2, -0.15) is 0 Å². The van der Waals surface area contributed by atoms with Crippen LogP contribution < -0.4 is 11.1 Å². The zero-order valence-electron chi connectivity index (χ0n) is 18.7. The van der Waals surface area contributed by atoms with Crippen LogP contribution in [0.15, 0.2) is 72.9 Å². The van der Waals surface area contributed by atoms with E-state index in [4.69, 9.17) is 10.7 Å². The van der Waals surface area contributed by atoms with Crippen molar-refractivity contribution in [2.45, 2.75) is 45.7 Å². The Morgan fingerprint density at radius 2 is 1.81 bits per heavy atom. The number of nitrogens with zero attached hydrogens (tertiary/aromatic N) is 2. The summed E-state index contributed by atoms with van der Waals surface area (Å²) in [5, 5.41) is 4.48. The zero-order valence-corrected chi connectivity index (χ0v) is 18.7. The Bertz CT molecular complexity index is 1210. The first-order chi connectivity index (χ1) is 14.8. The largest absolute Gasteiger partial charge is 0.351 e. The molecule has 31 heavy (non-hydrogen) atoms. The lowest BCUT2D eigenvalue weighted by atomic mass is 9.93. The van der Waals surface area contributed by atoms with E-state index in [1.165, 1.54) is 22.3 Å². The molecular weight excluding hydrogens is 380 g/mol. The van der Waals surface area contributed by atoms with E-state index >= 15 is 0 Å². The Labute approximate surface area is 184 Å². The van der Waals surface area contributed by atoms with E-state index in [1.54, 1.807) is 0 Å². The average Bonchev–Trinajstić information content (AvgIpc) is 2.73. The minimum Gasteiger partial charge on any atom is -0.351 e. The van der Waals surface area contributed by atoms with E-state index in [9.17, 15) is 0 Å². The second-order valence-electron chi connectivity index (χ2n) is 8.95. The van der Waals surface area contributed by atoms with Crippen molar-refractivity contribution >= 4 is 16.9 Å². The Morgan fingerprint density at radius 1 is 1.00 bits per heavy atom. The number of fused-ring (bicyclic) bond motifs is 1. The third-order valence-electron chi connectivity index (χ3n) is 5.62. The first-order valence-electron chi connectivity index (χ1n) is 10.8. The summed E-state index contributed by atoms with van der Waals surface area (Å²) < 4.78 is 0. The van der Waals surface area contributed by atoms with Crippen LogP contribution in [0, 0.1) is 6.92 Å². The molecule has 0 aliphatic heterocycles. The van der Waals surface area contributed by atoms with E-state index in [-0.39, 0.29) is 11.6 Å². The fourth-order valence-corrected chi connectivity index (χ4v) is 3.89. The van der Waals surface area contributed by atoms with Gasteiger partial charge in [0, 0.05) is 23.2 Å². The predicted octanol–water partition coefficient (Wildman–Crippen LogP) is 5.84. The number of aryl methyl sites for hydroxylation is 1. The number of hydrogen-bond acceptors (Lipinski definition) is 4. The summed E-state index contributed by atoms with van der Waals surface area (Å²) in [7, 11) is 0. The average molecular weight is 411 g/mol. The van der Waals surface area contributed by atoms with Crippen molar-refractivity contribution in [2.75, 3.05) is 5.32 Å². The molecule has 0 fully saturated rings. The van der Waals surface area contributed by atoms with Crippen LogP contribution in [0.1, 0.15) is 37.5 Å². The monoisotopic (exact) mass is 410 g/mol. The molecule has 0 saturated carbocycles. The molecule has 0 spiro atoms. The molecule has 4 rings (SSSR count). The van der Waals surface area contributed by atoms with Crippen molar-refractivity contribution in [1.29, 1.82) is 0 Å². The molecule has 0 bridgehead atoms. The molecule has 1 unspecified atom stereocenters. The SMILES string of the molecule is Cc1ccccc1-c1ccc2nc(NC(C)Cc3cccc(C(C)(C)N)c3)ncc2c1. The van der Waals surface area contributed by atoms with E-state index in [2.05, 4.69) is 90.9 Å². The topological polar surface area (TPSA) is 63.8 Å². The van der Waals surface area contributed by atoms with Crippen LogP contribution in [-0.4, -0.2) is 16.0 Å². The summed E-state index contributed by atoms with van der Waals surface area (Å²) in [6.07, 6.45) is 2.77. The van der Waals surface area contributed by atoms with Gasteiger partial charge in [-0.1, -0.05) is 54.6 Å². The molecule has 0 saturated heterocycles. The van der Waals surface area contributed by atoms with Gasteiger partial charge in [-0.3, -0.25) is 0 Å². The number of rotatable bonds is 6. The fourth-order valence-electron chi connectivity index (χ4n) is 3.89. The van der Waals surface area contributed by atoms with Gasteiger partial charge >= 0.3 is 0 Å². The molecule has 0 aliphatic rings. The number of aromatic nitrogens is 2. The minimum absolute atomic E-state index is 0.194. The molecule has 0 aliphatic carbocycles. The second-order valence-corrected chi connectivity index (χ2v) is 8.95. The van der Waals surface area contributed by atoms with Gasteiger partial charge in [0.2, 0.25) is 5.95 Å². The van der Waals surface area contributed by atoms with Crippen LogP contribution in [0.5, 0.6) is 0 Å². The number of hydrogen-bond donors (Lipinski definition) is 2. The lowest BCUT2D eigenvalue weighted by Gasteiger charge is -2.21. The smallest absolute Gasteiger partial charge is 0.223 e. The minimum atomic E-state index is -0.342. The second kappa shape index (κ2) is 8.48. The van der Waals surface area contributed by atoms with Crippen molar-refractivity contribution in [1.82, 2.24) is 9.97 Å². The van der Waals surface area contributed by atoms with Gasteiger partial charge in [-0.25, -0.2) is 9.97 Å². The van der Waals surface area contributed by atoms with Gasteiger partial charge in [-0.15, -0.1) is 0 Å². The van der Waals surface area contributed by atoms with Gasteiger partial charge < -0.3 is 11.1 Å². The number of nitrogens with one attached hydrogen (secondary N) is 1. The van der Waals surface area contributed by atoms with Gasteiger partial charge in [0.05, 0.1) is 5.52 Å². The third-order valence-corrected chi connectivity index (χ3v) is 5.62. The molecule has 3 N–H and O–H groups in total. The van der Waals surface area contributed by atoms with Gasteiger partial charge in [-0.05, 0) is 74.1 Å². The maximum Gasteiger partial charge on any atom is 0.223 e. The molecule has 4 heteroatoms. The van der Waals surface area contributed by atoms with Crippen molar-refractivity contribution in [2.24, 2.45) is 5.73 Å². The first-order valence-corrected chi connectivity index (χ1v) is 10.8. The molecule has 1 heterocycles. The maximum atomic E-state index is 6.25. The number of anilines is 1. The van der Waals surface area contributed by atoms with E-state index in [0.717, 1.165) is 22.9 Å². The first kappa shape index (κ1) is 21.0. The van der Waals surface area contributed by atoms with Crippen LogP contribution in [0.3, 0.4) is 0 Å². The molecule has 4 aromatic rings. The molecule has 0 amide bonds. The number of nitrogens with two attached hydrogens (primary N) is 1. The highest BCUT2D eigenvalue weighted by Crippen LogP contribution is 2.26. The quantitative estimate of drug-likeness (QED) is 0.419. The van der Waals surface area contributed by atoms with Crippen molar-refractivity contribution in [3.63, 3.8) is 0 Å². The van der Waals surface area contributed by atoms with Gasteiger partial charge in [0.1, 0.15) is 0 Å². The summed E-state index contributed by atoms with van der Waals surface area (Å²) in [5.74, 6) is 0.652. The van der Waals surface area contributed by atoms with Gasteiger partial charge in [0.25, 0.3) is 0 Å². The van der Waals surface area contributed by atoms with Crippen LogP contribution in [-0.2, 0) is 12.0 Å². The van der Waals surface area contributed by atoms with Crippen LogP contribution in [0.4, 0.5) is 5.95 Å². The fraction of sp³-hybridized carbons (Fsp3) is 0.259. The molecule has 1 atom stereocenters. The summed E-state index contributed by atoms with van der Waals surface area (Å²) in [4.78, 5) is 9.29. The van der Waals surface area contributed by atoms with E-state index in [0.29, 0.717) is 5.95 Å². The molecule has 0 radical (unpaired) electrons. The highest BCUT2D eigenvalue weighted by Gasteiger charge is 2.15. The van der Waals surface area contributed by atoms with Crippen molar-refractivity contribution in [3.05, 3.63) is 89.6 Å². The van der Waals surface area contributed by atoms with Crippen molar-refractivity contribution in [3.8, 4) is 11.1 Å². The van der Waals surface area contributed by atoms with Crippen LogP contribution in [0.25, 0.3) is 22.0 Å². The molecule has 158 valence electrons. The highest BCUT2D eigenvalue weighted by atomic mass is 15.1. The Morgan fingerprint density at radius 3 is 2.58 bits per heavy atom. The van der Waals surface area contributed by atoms with Crippen molar-refractivity contribution < 1.29 is 0 Å². The maximum absolute atomic E-state index is 6.25. The third kappa shape index (κ3) is 4.92. The normalized spacial score (nSPS) is 12.7. The number of benzene rings is 3. The Kier molecular flexibility index (Phi) is 5.75. The summed E-state index contributed by atoms with van der Waals surface area (Å²) in [6, 6.07) is 23.5. The summed E-state index contributed by atoms with van der Waals surface area (Å²) in [6.45, 7) is 8.34. The van der Waals surface area contributed by atoms with Crippen LogP contribution >= 0.6 is 0 Å². The zero-order chi connectivity index (χ0) is 22.0. The molecule has 1 aromatic heterocycles. The highest BCUT2D eigenvalue weighted by molar-refractivity contribution is 5.85. The predicted molar refractivity (Wildman–Crippen MR) is 130 cm³/mol. The summed E-state index contributed by atoms with van der Waals surface area (Å²) >= 11 is 0. The lowest BCUT2D eigenvalue weighted by Crippen LogP contribution is -2.29. The van der Waals surface area contributed by atoms with Gasteiger partial charge in [0.15, 0.2) is 0 Å². The standard InChI is InChI=1S/C27H30N4/c1-18-8-5-6-11-24(18)21-12-13-25-22(16-21)17-29-26(31-25)30-19(2)14-20-9-7-10-23(15-20)27(3,4)28/h5-13,15-17,19H,14,28H2,1-4H3,(H,29,30,31). The van der Waals surface area contributed by atoms with Crippen LogP contribution in [0.2, 0.25) is 0 Å². The molecular formula is C27H30N4. The Balaban J connectivity index is 1.50. The van der Waals surface area contributed by atoms with E-state index < -0.39 is 0 Å². The molecule has 3 aromatic carbocycles. The summed E-state index contributed by atoms with van der Waals surface area (Å²) in [5.41, 5.74) is 12.9. The van der Waals surface area contributed by atoms with E-state index in [1.807, 2.05) is 20.0 Å². The molecule has 4 nitrogen and oxygen atoms in total.